The average molecular weight is 294 g/mol. The van der Waals surface area contributed by atoms with Crippen LogP contribution in [0.2, 0.25) is 0 Å². The third kappa shape index (κ3) is 5.78. The SMILES string of the molecule is CC(CC(=O)Nc1ccc(F)cc1F)=NNC(=O)CC#N. The molecule has 0 aliphatic carbocycles. The minimum atomic E-state index is -0.889. The Morgan fingerprint density at radius 1 is 1.33 bits per heavy atom. The second kappa shape index (κ2) is 7.69. The van der Waals surface area contributed by atoms with E-state index in [-0.39, 0.29) is 24.2 Å². The lowest BCUT2D eigenvalue weighted by Gasteiger charge is -2.06. The van der Waals surface area contributed by atoms with Crippen molar-refractivity contribution in [3.63, 3.8) is 0 Å². The molecule has 1 rings (SSSR count). The fraction of sp³-hybridized carbons (Fsp3) is 0.231. The zero-order chi connectivity index (χ0) is 15.8. The molecule has 2 amide bonds. The number of hydrazone groups is 1. The molecule has 1 aromatic carbocycles. The predicted molar refractivity (Wildman–Crippen MR) is 71.1 cm³/mol. The molecule has 0 unspecified atom stereocenters. The number of hydrogen-bond donors (Lipinski definition) is 2. The van der Waals surface area contributed by atoms with E-state index >= 15 is 0 Å². The Labute approximate surface area is 119 Å². The molecule has 0 atom stereocenters. The van der Waals surface area contributed by atoms with E-state index in [1.807, 2.05) is 0 Å². The van der Waals surface area contributed by atoms with E-state index in [0.29, 0.717) is 6.07 Å². The van der Waals surface area contributed by atoms with Crippen molar-refractivity contribution < 1.29 is 18.4 Å². The van der Waals surface area contributed by atoms with E-state index in [1.54, 1.807) is 6.07 Å². The smallest absolute Gasteiger partial charge is 0.254 e. The van der Waals surface area contributed by atoms with Crippen LogP contribution in [0.4, 0.5) is 14.5 Å². The number of nitriles is 1. The molecule has 0 aliphatic heterocycles. The van der Waals surface area contributed by atoms with Crippen molar-refractivity contribution in [2.45, 2.75) is 19.8 Å². The summed E-state index contributed by atoms with van der Waals surface area (Å²) in [5.74, 6) is -2.80. The maximum atomic E-state index is 13.3. The summed E-state index contributed by atoms with van der Waals surface area (Å²) in [6.07, 6.45) is -0.534. The second-order valence-electron chi connectivity index (χ2n) is 4.07. The number of benzene rings is 1. The molecule has 0 aromatic heterocycles. The third-order valence-corrected chi connectivity index (χ3v) is 2.23. The van der Waals surface area contributed by atoms with Crippen LogP contribution in [0, 0.1) is 23.0 Å². The van der Waals surface area contributed by atoms with Gasteiger partial charge in [-0.1, -0.05) is 0 Å². The number of halogens is 2. The van der Waals surface area contributed by atoms with Gasteiger partial charge in [-0.2, -0.15) is 10.4 Å². The highest BCUT2D eigenvalue weighted by molar-refractivity contribution is 6.05. The van der Waals surface area contributed by atoms with E-state index in [1.165, 1.54) is 6.92 Å². The molecule has 0 aliphatic rings. The van der Waals surface area contributed by atoms with Gasteiger partial charge in [0, 0.05) is 11.8 Å². The summed E-state index contributed by atoms with van der Waals surface area (Å²) in [6.45, 7) is 1.48. The number of carbonyl (C=O) groups excluding carboxylic acids is 2. The van der Waals surface area contributed by atoms with Gasteiger partial charge in [-0.05, 0) is 19.1 Å². The van der Waals surface area contributed by atoms with Crippen LogP contribution >= 0.6 is 0 Å². The summed E-state index contributed by atoms with van der Waals surface area (Å²) >= 11 is 0. The van der Waals surface area contributed by atoms with Crippen molar-refractivity contribution in [1.82, 2.24) is 5.43 Å². The topological polar surface area (TPSA) is 94.3 Å². The summed E-state index contributed by atoms with van der Waals surface area (Å²) in [5.41, 5.74) is 2.21. The van der Waals surface area contributed by atoms with E-state index < -0.39 is 23.4 Å². The van der Waals surface area contributed by atoms with Crippen LogP contribution in [0.15, 0.2) is 23.3 Å². The first kappa shape index (κ1) is 16.2. The Bertz CT molecular complexity index is 623. The van der Waals surface area contributed by atoms with Crippen LogP contribution in [0.25, 0.3) is 0 Å². The van der Waals surface area contributed by atoms with E-state index in [2.05, 4.69) is 15.8 Å². The highest BCUT2D eigenvalue weighted by Crippen LogP contribution is 2.15. The maximum absolute atomic E-state index is 13.3. The van der Waals surface area contributed by atoms with Crippen LogP contribution in [0.5, 0.6) is 0 Å². The fourth-order valence-corrected chi connectivity index (χ4v) is 1.33. The molecular weight excluding hydrogens is 282 g/mol. The van der Waals surface area contributed by atoms with Crippen molar-refractivity contribution in [1.29, 1.82) is 5.26 Å². The molecule has 0 radical (unpaired) electrons. The van der Waals surface area contributed by atoms with Crippen LogP contribution < -0.4 is 10.7 Å². The zero-order valence-corrected chi connectivity index (χ0v) is 11.1. The number of amides is 2. The van der Waals surface area contributed by atoms with Crippen molar-refractivity contribution in [2.24, 2.45) is 5.10 Å². The van der Waals surface area contributed by atoms with Gasteiger partial charge in [0.2, 0.25) is 5.91 Å². The highest BCUT2D eigenvalue weighted by atomic mass is 19.1. The van der Waals surface area contributed by atoms with Crippen molar-refractivity contribution in [3.05, 3.63) is 29.8 Å². The minimum absolute atomic E-state index is 0.150. The Kier molecular flexibility index (Phi) is 5.95. The Morgan fingerprint density at radius 2 is 2.05 bits per heavy atom. The van der Waals surface area contributed by atoms with Gasteiger partial charge < -0.3 is 5.32 Å². The highest BCUT2D eigenvalue weighted by Gasteiger charge is 2.09. The van der Waals surface area contributed by atoms with Gasteiger partial charge in [0.25, 0.3) is 5.91 Å². The van der Waals surface area contributed by atoms with Gasteiger partial charge in [0.05, 0.1) is 18.2 Å². The fourth-order valence-electron chi connectivity index (χ4n) is 1.33. The third-order valence-electron chi connectivity index (χ3n) is 2.23. The molecular formula is C13H12F2N4O2. The standard InChI is InChI=1S/C13H12F2N4O2/c1-8(18-19-12(20)4-5-16)6-13(21)17-11-3-2-9(14)7-10(11)15/h2-3,7H,4,6H2,1H3,(H,17,21)(H,19,20). The summed E-state index contributed by atoms with van der Waals surface area (Å²) in [5, 5.41) is 14.1. The van der Waals surface area contributed by atoms with Gasteiger partial charge >= 0.3 is 0 Å². The quantitative estimate of drug-likeness (QED) is 0.639. The van der Waals surface area contributed by atoms with Crippen LogP contribution in [0.3, 0.4) is 0 Å². The number of hydrogen-bond acceptors (Lipinski definition) is 4. The summed E-state index contributed by atoms with van der Waals surface area (Å²) in [4.78, 5) is 22.6. The first-order valence-corrected chi connectivity index (χ1v) is 5.86. The number of carbonyl (C=O) groups is 2. The van der Waals surface area contributed by atoms with Gasteiger partial charge in [-0.25, -0.2) is 14.2 Å². The van der Waals surface area contributed by atoms with Crippen LogP contribution in [-0.4, -0.2) is 17.5 Å². The lowest BCUT2D eigenvalue weighted by Crippen LogP contribution is -2.21. The number of nitrogens with zero attached hydrogens (tertiary/aromatic N) is 2. The van der Waals surface area contributed by atoms with Crippen LogP contribution in [0.1, 0.15) is 19.8 Å². The average Bonchev–Trinajstić information content (AvgIpc) is 2.40. The van der Waals surface area contributed by atoms with Gasteiger partial charge in [0.1, 0.15) is 18.1 Å². The summed E-state index contributed by atoms with van der Waals surface area (Å²) < 4.78 is 26.0. The Balaban J connectivity index is 2.55. The van der Waals surface area contributed by atoms with Gasteiger partial charge in [-0.3, -0.25) is 9.59 Å². The molecule has 0 bridgehead atoms. The largest absolute Gasteiger partial charge is 0.323 e. The molecule has 0 fully saturated rings. The molecule has 1 aromatic rings. The molecule has 0 spiro atoms. The second-order valence-corrected chi connectivity index (χ2v) is 4.07. The lowest BCUT2D eigenvalue weighted by atomic mass is 10.2. The number of nitrogens with one attached hydrogen (secondary N) is 2. The molecule has 0 heterocycles. The summed E-state index contributed by atoms with van der Waals surface area (Å²) in [7, 11) is 0. The molecule has 8 heteroatoms. The molecule has 110 valence electrons. The Hall–Kier alpha value is -2.82. The number of anilines is 1. The van der Waals surface area contributed by atoms with E-state index in [9.17, 15) is 18.4 Å². The van der Waals surface area contributed by atoms with Crippen LogP contribution in [-0.2, 0) is 9.59 Å². The molecule has 21 heavy (non-hydrogen) atoms. The van der Waals surface area contributed by atoms with Crippen molar-refractivity contribution in [2.75, 3.05) is 5.32 Å². The number of rotatable bonds is 5. The normalized spacial score (nSPS) is 10.7. The summed E-state index contributed by atoms with van der Waals surface area (Å²) in [6, 6.07) is 4.41. The van der Waals surface area contributed by atoms with E-state index in [4.69, 9.17) is 5.26 Å². The first-order chi connectivity index (χ1) is 9.92. The monoisotopic (exact) mass is 294 g/mol. The van der Waals surface area contributed by atoms with Gasteiger partial charge in [-0.15, -0.1) is 0 Å². The molecule has 6 nitrogen and oxygen atoms in total. The zero-order valence-electron chi connectivity index (χ0n) is 11.1. The lowest BCUT2D eigenvalue weighted by molar-refractivity contribution is -0.120. The van der Waals surface area contributed by atoms with Crippen molar-refractivity contribution in [3.8, 4) is 6.07 Å². The maximum Gasteiger partial charge on any atom is 0.254 e. The first-order valence-electron chi connectivity index (χ1n) is 5.86. The Morgan fingerprint density at radius 3 is 2.67 bits per heavy atom. The molecule has 0 saturated carbocycles. The molecule has 2 N–H and O–H groups in total. The van der Waals surface area contributed by atoms with Gasteiger partial charge in [0.15, 0.2) is 0 Å². The van der Waals surface area contributed by atoms with Crippen molar-refractivity contribution >= 4 is 23.2 Å². The van der Waals surface area contributed by atoms with E-state index in [0.717, 1.165) is 12.1 Å². The minimum Gasteiger partial charge on any atom is -0.323 e. The predicted octanol–water partition coefficient (Wildman–Crippen LogP) is 1.70. The molecule has 0 saturated heterocycles.